The van der Waals surface area contributed by atoms with Crippen LogP contribution in [-0.4, -0.2) is 0 Å². The van der Waals surface area contributed by atoms with Crippen molar-refractivity contribution in [3.63, 3.8) is 0 Å². The van der Waals surface area contributed by atoms with Gasteiger partial charge in [0.05, 0.1) is 0 Å². The van der Waals surface area contributed by atoms with Crippen molar-refractivity contribution in [1.82, 2.24) is 0 Å². The number of hydrogen-bond donors (Lipinski definition) is 0. The molecule has 0 heterocycles. The number of allylic oxidation sites excluding steroid dienone is 1. The molecule has 0 aromatic carbocycles. The van der Waals surface area contributed by atoms with Crippen LogP contribution < -0.4 is 0 Å². The summed E-state index contributed by atoms with van der Waals surface area (Å²) in [5.74, 6) is 2.93. The maximum absolute atomic E-state index is 3.61. The van der Waals surface area contributed by atoms with Gasteiger partial charge in [0.25, 0.3) is 0 Å². The lowest BCUT2D eigenvalue weighted by Gasteiger charge is -2.12. The Morgan fingerprint density at radius 1 is 1.25 bits per heavy atom. The molecule has 5 atom stereocenters. The van der Waals surface area contributed by atoms with Gasteiger partial charge >= 0.3 is 0 Å². The molecule has 0 saturated heterocycles. The van der Waals surface area contributed by atoms with E-state index < -0.39 is 0 Å². The number of rotatable bonds is 7. The molecule has 3 aliphatic rings. The highest BCUT2D eigenvalue weighted by Gasteiger charge is 2.69. The van der Waals surface area contributed by atoms with Gasteiger partial charge in [0.1, 0.15) is 0 Å². The van der Waals surface area contributed by atoms with Crippen LogP contribution in [0.5, 0.6) is 0 Å². The third-order valence-corrected chi connectivity index (χ3v) is 7.07. The first kappa shape index (κ1) is 14.5. The Morgan fingerprint density at radius 3 is 2.55 bits per heavy atom. The van der Waals surface area contributed by atoms with E-state index >= 15 is 0 Å². The molecule has 5 unspecified atom stereocenters. The minimum Gasteiger partial charge on any atom is -0.126 e. The first-order chi connectivity index (χ1) is 9.58. The number of unbranched alkanes of at least 4 members (excludes halogenated alkanes) is 1. The van der Waals surface area contributed by atoms with Crippen molar-refractivity contribution < 1.29 is 0 Å². The van der Waals surface area contributed by atoms with Gasteiger partial charge in [-0.05, 0) is 85.7 Å². The highest BCUT2D eigenvalue weighted by Crippen LogP contribution is 2.77. The molecule has 0 aromatic rings. The van der Waals surface area contributed by atoms with Crippen LogP contribution >= 0.6 is 0 Å². The second-order valence-electron chi connectivity index (χ2n) is 8.04. The molecule has 0 aromatic heterocycles. The summed E-state index contributed by atoms with van der Waals surface area (Å²) in [6.45, 7) is 9.47. The third-order valence-electron chi connectivity index (χ3n) is 7.07. The molecule has 3 fully saturated rings. The lowest BCUT2D eigenvalue weighted by Crippen LogP contribution is -2.00. The Balaban J connectivity index is 1.41. The minimum atomic E-state index is 0.732. The van der Waals surface area contributed by atoms with E-state index in [1.54, 1.807) is 5.57 Å². The molecule has 0 nitrogen and oxygen atoms in total. The summed E-state index contributed by atoms with van der Waals surface area (Å²) in [6.07, 6.45) is 13.6. The van der Waals surface area contributed by atoms with Crippen molar-refractivity contribution in [2.45, 2.75) is 79.1 Å². The smallest absolute Gasteiger partial charge is 0.00648 e. The van der Waals surface area contributed by atoms with Crippen LogP contribution in [0.25, 0.3) is 0 Å². The molecule has 112 valence electrons. The van der Waals surface area contributed by atoms with Gasteiger partial charge in [-0.2, -0.15) is 0 Å². The first-order valence-electron chi connectivity index (χ1n) is 8.99. The zero-order valence-corrected chi connectivity index (χ0v) is 14.0. The molecule has 0 bridgehead atoms. The molecular formula is C20H32. The molecule has 3 aliphatic carbocycles. The van der Waals surface area contributed by atoms with Crippen molar-refractivity contribution >= 4 is 0 Å². The van der Waals surface area contributed by atoms with Crippen LogP contribution in [0.2, 0.25) is 0 Å². The zero-order valence-electron chi connectivity index (χ0n) is 14.0. The highest BCUT2D eigenvalue weighted by atomic mass is 14.7. The second kappa shape index (κ2) is 5.06. The largest absolute Gasteiger partial charge is 0.126 e. The molecule has 0 N–H and O–H groups in total. The molecule has 3 rings (SSSR count). The molecule has 0 radical (unpaired) electrons. The second-order valence-corrected chi connectivity index (χ2v) is 8.04. The van der Waals surface area contributed by atoms with Gasteiger partial charge in [-0.1, -0.05) is 33.6 Å². The summed E-state index contributed by atoms with van der Waals surface area (Å²) in [4.78, 5) is 0. The van der Waals surface area contributed by atoms with E-state index in [0.717, 1.165) is 28.6 Å². The summed E-state index contributed by atoms with van der Waals surface area (Å²) in [5.41, 5.74) is 6.66. The SMILES string of the molecule is CCC1CC12CC2C(C)=C=CCCCC1(CC)CC1C. The summed E-state index contributed by atoms with van der Waals surface area (Å²) in [5, 5.41) is 0. The van der Waals surface area contributed by atoms with E-state index in [1.165, 1.54) is 51.4 Å². The van der Waals surface area contributed by atoms with Gasteiger partial charge in [-0.15, -0.1) is 5.73 Å². The van der Waals surface area contributed by atoms with Crippen molar-refractivity contribution in [1.29, 1.82) is 0 Å². The Kier molecular flexibility index (Phi) is 3.66. The first-order valence-corrected chi connectivity index (χ1v) is 8.99. The topological polar surface area (TPSA) is 0 Å². The minimum absolute atomic E-state index is 0.732. The fourth-order valence-electron chi connectivity index (χ4n) is 4.99. The quantitative estimate of drug-likeness (QED) is 0.386. The molecule has 0 heteroatoms. The molecule has 3 saturated carbocycles. The highest BCUT2D eigenvalue weighted by molar-refractivity contribution is 5.28. The van der Waals surface area contributed by atoms with Crippen LogP contribution in [0.15, 0.2) is 17.4 Å². The molecule has 1 spiro atoms. The van der Waals surface area contributed by atoms with E-state index in [9.17, 15) is 0 Å². The van der Waals surface area contributed by atoms with Crippen molar-refractivity contribution in [3.8, 4) is 0 Å². The monoisotopic (exact) mass is 272 g/mol. The Morgan fingerprint density at radius 2 is 2.00 bits per heavy atom. The summed E-state index contributed by atoms with van der Waals surface area (Å²) in [6, 6.07) is 0. The molecule has 20 heavy (non-hydrogen) atoms. The van der Waals surface area contributed by atoms with E-state index in [1.807, 2.05) is 0 Å². The van der Waals surface area contributed by atoms with Crippen LogP contribution in [0.3, 0.4) is 0 Å². The average Bonchev–Trinajstić information content (AvgIpc) is 3.36. The summed E-state index contributed by atoms with van der Waals surface area (Å²) < 4.78 is 0. The predicted molar refractivity (Wildman–Crippen MR) is 86.6 cm³/mol. The van der Waals surface area contributed by atoms with Crippen LogP contribution in [0.1, 0.15) is 79.1 Å². The lowest BCUT2D eigenvalue weighted by molar-refractivity contribution is 0.401. The van der Waals surface area contributed by atoms with Gasteiger partial charge in [0, 0.05) is 0 Å². The Bertz CT molecular complexity index is 435. The van der Waals surface area contributed by atoms with Crippen molar-refractivity contribution in [3.05, 3.63) is 17.4 Å². The number of hydrogen-bond acceptors (Lipinski definition) is 0. The molecule has 0 amide bonds. The maximum Gasteiger partial charge on any atom is -0.00648 e. The van der Waals surface area contributed by atoms with Gasteiger partial charge in [-0.3, -0.25) is 0 Å². The fraction of sp³-hybridized carbons (Fsp3) is 0.850. The van der Waals surface area contributed by atoms with Crippen LogP contribution in [0, 0.1) is 28.6 Å². The Hall–Kier alpha value is -0.480. The fourth-order valence-corrected chi connectivity index (χ4v) is 4.99. The Labute approximate surface area is 125 Å². The van der Waals surface area contributed by atoms with E-state index in [4.69, 9.17) is 0 Å². The zero-order chi connectivity index (χ0) is 14.4. The predicted octanol–water partition coefficient (Wildman–Crippen LogP) is 6.13. The lowest BCUT2D eigenvalue weighted by atomic mass is 9.93. The summed E-state index contributed by atoms with van der Waals surface area (Å²) >= 11 is 0. The van der Waals surface area contributed by atoms with Crippen molar-refractivity contribution in [2.24, 2.45) is 28.6 Å². The normalized spacial score (nSPS) is 44.1. The van der Waals surface area contributed by atoms with Crippen molar-refractivity contribution in [2.75, 3.05) is 0 Å². The maximum atomic E-state index is 3.61. The molecular weight excluding hydrogens is 240 g/mol. The van der Waals surface area contributed by atoms with Gasteiger partial charge in [0.2, 0.25) is 0 Å². The van der Waals surface area contributed by atoms with E-state index in [-0.39, 0.29) is 0 Å². The third kappa shape index (κ3) is 2.41. The van der Waals surface area contributed by atoms with Gasteiger partial charge in [-0.25, -0.2) is 0 Å². The van der Waals surface area contributed by atoms with Gasteiger partial charge < -0.3 is 0 Å². The van der Waals surface area contributed by atoms with E-state index in [0.29, 0.717) is 0 Å². The average molecular weight is 272 g/mol. The molecule has 0 aliphatic heterocycles. The van der Waals surface area contributed by atoms with Crippen LogP contribution in [0.4, 0.5) is 0 Å². The summed E-state index contributed by atoms with van der Waals surface area (Å²) in [7, 11) is 0. The van der Waals surface area contributed by atoms with Crippen LogP contribution in [-0.2, 0) is 0 Å². The van der Waals surface area contributed by atoms with E-state index in [2.05, 4.69) is 39.5 Å². The standard InChI is InChI=1S/C20H32/c1-5-17-13-20(17)14-18(20)15(3)10-8-7-9-11-19(6-2)12-16(19)4/h8,16-18H,5-7,9,11-14H2,1-4H3. The van der Waals surface area contributed by atoms with Gasteiger partial charge in [0.15, 0.2) is 0 Å².